The molecule has 1 aromatic heterocycles. The molecule has 1 aliphatic carbocycles. The predicted octanol–water partition coefficient (Wildman–Crippen LogP) is 2.78. The van der Waals surface area contributed by atoms with Crippen molar-refractivity contribution in [3.05, 3.63) is 59.9 Å². The Balaban J connectivity index is 1.60. The van der Waals surface area contributed by atoms with Crippen LogP contribution in [-0.2, 0) is 4.74 Å². The minimum absolute atomic E-state index is 0.0666. The molecule has 5 heteroatoms. The number of hydrogen-bond donors (Lipinski definition) is 1. The van der Waals surface area contributed by atoms with Crippen LogP contribution in [0.15, 0.2) is 48.8 Å². The molecule has 1 N–H and O–H groups in total. The largest absolute Gasteiger partial charge is 0.505 e. The third kappa shape index (κ3) is 2.99. The van der Waals surface area contributed by atoms with Crippen LogP contribution in [0, 0.1) is 5.92 Å². The minimum atomic E-state index is -0.162. The van der Waals surface area contributed by atoms with Gasteiger partial charge in [0.2, 0.25) is 0 Å². The Morgan fingerprint density at radius 1 is 1.17 bits per heavy atom. The molecule has 24 heavy (non-hydrogen) atoms. The van der Waals surface area contributed by atoms with E-state index in [1.54, 1.807) is 11.0 Å². The van der Waals surface area contributed by atoms with E-state index in [4.69, 9.17) is 4.74 Å². The van der Waals surface area contributed by atoms with Crippen LogP contribution >= 0.6 is 0 Å². The monoisotopic (exact) mass is 324 g/mol. The lowest BCUT2D eigenvalue weighted by Gasteiger charge is -2.38. The average molecular weight is 324 g/mol. The van der Waals surface area contributed by atoms with Crippen molar-refractivity contribution in [2.45, 2.75) is 25.0 Å². The van der Waals surface area contributed by atoms with Crippen molar-refractivity contribution in [2.24, 2.45) is 5.92 Å². The summed E-state index contributed by atoms with van der Waals surface area (Å²) >= 11 is 0. The molecule has 5 nitrogen and oxygen atoms in total. The van der Waals surface area contributed by atoms with Crippen molar-refractivity contribution >= 4 is 5.91 Å². The first-order chi connectivity index (χ1) is 11.7. The second-order valence-corrected chi connectivity index (χ2v) is 6.51. The number of carbonyl (C=O) groups excluding carboxylic acids is 1. The second kappa shape index (κ2) is 6.24. The van der Waals surface area contributed by atoms with Crippen molar-refractivity contribution in [3.63, 3.8) is 0 Å². The number of nitrogens with zero attached hydrogens (tertiary/aromatic N) is 2. The molecule has 0 unspecified atom stereocenters. The first-order valence-electron chi connectivity index (χ1n) is 8.35. The van der Waals surface area contributed by atoms with Crippen LogP contribution in [0.25, 0.3) is 0 Å². The van der Waals surface area contributed by atoms with Gasteiger partial charge in [0.1, 0.15) is 11.9 Å². The molecule has 2 fully saturated rings. The molecule has 2 heterocycles. The molecular weight excluding hydrogens is 304 g/mol. The average Bonchev–Trinajstić information content (AvgIpc) is 3.47. The van der Waals surface area contributed by atoms with Crippen molar-refractivity contribution in [3.8, 4) is 5.75 Å². The highest BCUT2D eigenvalue weighted by Crippen LogP contribution is 2.39. The number of aromatic hydroxyl groups is 1. The molecule has 4 rings (SSSR count). The third-order valence-electron chi connectivity index (χ3n) is 4.76. The van der Waals surface area contributed by atoms with E-state index in [1.165, 1.54) is 12.4 Å². The van der Waals surface area contributed by atoms with E-state index in [1.807, 2.05) is 30.3 Å². The number of carbonyl (C=O) groups is 1. The Hall–Kier alpha value is -2.40. The number of morpholine rings is 1. The maximum Gasteiger partial charge on any atom is 0.257 e. The lowest BCUT2D eigenvalue weighted by Crippen LogP contribution is -2.47. The van der Waals surface area contributed by atoms with Gasteiger partial charge in [-0.2, -0.15) is 0 Å². The van der Waals surface area contributed by atoms with E-state index in [2.05, 4.69) is 4.98 Å². The second-order valence-electron chi connectivity index (χ2n) is 6.51. The van der Waals surface area contributed by atoms with E-state index in [0.29, 0.717) is 24.6 Å². The van der Waals surface area contributed by atoms with Gasteiger partial charge < -0.3 is 14.7 Å². The fraction of sp³-hybridized carbons (Fsp3) is 0.368. The minimum Gasteiger partial charge on any atom is -0.505 e. The molecule has 0 spiro atoms. The van der Waals surface area contributed by atoms with Gasteiger partial charge in [-0.1, -0.05) is 30.3 Å². The molecule has 2 aromatic rings. The van der Waals surface area contributed by atoms with Crippen LogP contribution in [0.4, 0.5) is 0 Å². The summed E-state index contributed by atoms with van der Waals surface area (Å²) in [4.78, 5) is 18.5. The molecule has 1 saturated carbocycles. The first kappa shape index (κ1) is 15.1. The summed E-state index contributed by atoms with van der Waals surface area (Å²) in [6.45, 7) is 1.07. The molecular formula is C19H20N2O3. The van der Waals surface area contributed by atoms with Crippen LogP contribution in [0.5, 0.6) is 5.75 Å². The summed E-state index contributed by atoms with van der Waals surface area (Å²) in [5.74, 6) is 0.302. The quantitative estimate of drug-likeness (QED) is 0.943. The molecule has 1 aromatic carbocycles. The normalized spacial score (nSPS) is 23.9. The summed E-state index contributed by atoms with van der Waals surface area (Å²) in [7, 11) is 0. The summed E-state index contributed by atoms with van der Waals surface area (Å²) < 4.78 is 6.27. The molecule has 1 saturated heterocycles. The number of ether oxygens (including phenoxy) is 1. The molecule has 1 amide bonds. The Morgan fingerprint density at radius 3 is 2.67 bits per heavy atom. The summed E-state index contributed by atoms with van der Waals surface area (Å²) in [5.41, 5.74) is 1.38. The fourth-order valence-corrected chi connectivity index (χ4v) is 3.27. The predicted molar refractivity (Wildman–Crippen MR) is 88.6 cm³/mol. The lowest BCUT2D eigenvalue weighted by atomic mass is 10.0. The Labute approximate surface area is 140 Å². The van der Waals surface area contributed by atoms with Gasteiger partial charge in [-0.25, -0.2) is 0 Å². The van der Waals surface area contributed by atoms with E-state index in [-0.39, 0.29) is 23.9 Å². The smallest absolute Gasteiger partial charge is 0.257 e. The van der Waals surface area contributed by atoms with Gasteiger partial charge in [-0.15, -0.1) is 0 Å². The van der Waals surface area contributed by atoms with E-state index >= 15 is 0 Å². The van der Waals surface area contributed by atoms with Gasteiger partial charge in [0.25, 0.3) is 5.91 Å². The number of benzene rings is 1. The lowest BCUT2D eigenvalue weighted by molar-refractivity contribution is -0.0864. The van der Waals surface area contributed by atoms with Crippen LogP contribution in [0.1, 0.15) is 34.9 Å². The molecule has 124 valence electrons. The maximum absolute atomic E-state index is 12.9. The third-order valence-corrected chi connectivity index (χ3v) is 4.76. The Bertz CT molecular complexity index is 730. The van der Waals surface area contributed by atoms with Gasteiger partial charge in [-0.3, -0.25) is 9.78 Å². The van der Waals surface area contributed by atoms with Crippen molar-refractivity contribution in [2.75, 3.05) is 13.1 Å². The summed E-state index contributed by atoms with van der Waals surface area (Å²) in [5, 5.41) is 9.94. The Morgan fingerprint density at radius 2 is 1.96 bits per heavy atom. The highest BCUT2D eigenvalue weighted by molar-refractivity contribution is 5.96. The molecule has 2 atom stereocenters. The SMILES string of the molecule is O=C(c1ccncc1O)N1C[C@@H](c2ccccc2)O[C@@H](C2CC2)C1. The molecule has 1 aliphatic heterocycles. The maximum atomic E-state index is 12.9. The number of hydrogen-bond acceptors (Lipinski definition) is 4. The van der Waals surface area contributed by atoms with Crippen LogP contribution in [0.2, 0.25) is 0 Å². The number of aromatic nitrogens is 1. The van der Waals surface area contributed by atoms with E-state index in [9.17, 15) is 9.90 Å². The fourth-order valence-electron chi connectivity index (χ4n) is 3.27. The zero-order chi connectivity index (χ0) is 16.5. The zero-order valence-corrected chi connectivity index (χ0v) is 13.3. The zero-order valence-electron chi connectivity index (χ0n) is 13.3. The molecule has 2 aliphatic rings. The van der Waals surface area contributed by atoms with Crippen molar-refractivity contribution < 1.29 is 14.6 Å². The standard InChI is InChI=1S/C19H20N2O3/c22-16-10-20-9-8-15(16)19(23)21-11-17(13-4-2-1-3-5-13)24-18(12-21)14-6-7-14/h1-5,8-10,14,17-18,22H,6-7,11-12H2/t17-,18+/m0/s1. The van der Waals surface area contributed by atoms with Crippen molar-refractivity contribution in [1.29, 1.82) is 0 Å². The molecule has 0 radical (unpaired) electrons. The van der Waals surface area contributed by atoms with Crippen LogP contribution in [0.3, 0.4) is 0 Å². The number of pyridine rings is 1. The van der Waals surface area contributed by atoms with Gasteiger partial charge in [0.05, 0.1) is 24.4 Å². The highest BCUT2D eigenvalue weighted by atomic mass is 16.5. The highest BCUT2D eigenvalue weighted by Gasteiger charge is 2.40. The van der Waals surface area contributed by atoms with E-state index in [0.717, 1.165) is 18.4 Å². The first-order valence-corrected chi connectivity index (χ1v) is 8.35. The summed E-state index contributed by atoms with van der Waals surface area (Å²) in [6, 6.07) is 11.6. The summed E-state index contributed by atoms with van der Waals surface area (Å²) in [6.07, 6.45) is 5.10. The number of amides is 1. The van der Waals surface area contributed by atoms with Crippen LogP contribution in [-0.4, -0.2) is 40.1 Å². The molecule has 0 bridgehead atoms. The Kier molecular flexibility index (Phi) is 3.94. The topological polar surface area (TPSA) is 62.7 Å². The number of rotatable bonds is 3. The van der Waals surface area contributed by atoms with Crippen molar-refractivity contribution in [1.82, 2.24) is 9.88 Å². The van der Waals surface area contributed by atoms with Gasteiger partial charge in [0.15, 0.2) is 0 Å². The van der Waals surface area contributed by atoms with E-state index < -0.39 is 0 Å². The van der Waals surface area contributed by atoms with Gasteiger partial charge in [-0.05, 0) is 30.4 Å². The van der Waals surface area contributed by atoms with Gasteiger partial charge in [0, 0.05) is 12.7 Å². The van der Waals surface area contributed by atoms with Crippen LogP contribution < -0.4 is 0 Å². The van der Waals surface area contributed by atoms with Gasteiger partial charge >= 0.3 is 0 Å².